The van der Waals surface area contributed by atoms with Gasteiger partial charge in [-0.2, -0.15) is 0 Å². The van der Waals surface area contributed by atoms with Gasteiger partial charge in [-0.3, -0.25) is 4.79 Å². The van der Waals surface area contributed by atoms with Crippen LogP contribution in [0.5, 0.6) is 5.75 Å². The molecule has 0 saturated heterocycles. The number of hydrogen-bond donors (Lipinski definition) is 2. The van der Waals surface area contributed by atoms with Gasteiger partial charge >= 0.3 is 0 Å². The van der Waals surface area contributed by atoms with Crippen molar-refractivity contribution in [3.63, 3.8) is 0 Å². The van der Waals surface area contributed by atoms with Crippen LogP contribution in [-0.2, 0) is 17.6 Å². The molecule has 2 N–H and O–H groups in total. The molecule has 0 aliphatic carbocycles. The molecule has 116 valence electrons. The van der Waals surface area contributed by atoms with Crippen LogP contribution >= 0.6 is 0 Å². The van der Waals surface area contributed by atoms with Crippen LogP contribution < -0.4 is 10.1 Å². The lowest BCUT2D eigenvalue weighted by molar-refractivity contribution is -0.125. The summed E-state index contributed by atoms with van der Waals surface area (Å²) >= 11 is 0. The molecule has 2 aromatic rings. The first kappa shape index (κ1) is 14.6. The summed E-state index contributed by atoms with van der Waals surface area (Å²) in [5, 5.41) is 3.04. The number of carbonyl (C=O) groups excluding carboxylic acids is 1. The number of hydrogen-bond acceptors (Lipinski definition) is 3. The number of rotatable bonds is 5. The summed E-state index contributed by atoms with van der Waals surface area (Å²) in [5.41, 5.74) is 1.12. The van der Waals surface area contributed by atoms with Gasteiger partial charge in [0, 0.05) is 31.3 Å². The van der Waals surface area contributed by atoms with Gasteiger partial charge in [-0.1, -0.05) is 18.2 Å². The molecule has 22 heavy (non-hydrogen) atoms. The highest BCUT2D eigenvalue weighted by molar-refractivity contribution is 5.79. The van der Waals surface area contributed by atoms with Gasteiger partial charge in [0.15, 0.2) is 0 Å². The van der Waals surface area contributed by atoms with E-state index in [0.29, 0.717) is 13.2 Å². The van der Waals surface area contributed by atoms with E-state index in [1.165, 1.54) is 0 Å². The molecule has 1 aliphatic rings. The van der Waals surface area contributed by atoms with E-state index < -0.39 is 0 Å². The van der Waals surface area contributed by atoms with E-state index in [1.54, 1.807) is 6.20 Å². The molecular weight excluding hydrogens is 278 g/mol. The van der Waals surface area contributed by atoms with Crippen LogP contribution in [0.25, 0.3) is 0 Å². The summed E-state index contributed by atoms with van der Waals surface area (Å²) in [5.74, 6) is 1.99. The van der Waals surface area contributed by atoms with Crippen LogP contribution in [0.3, 0.4) is 0 Å². The smallest absolute Gasteiger partial charge is 0.223 e. The number of H-pyrrole nitrogens is 1. The van der Waals surface area contributed by atoms with Crippen molar-refractivity contribution in [2.45, 2.75) is 25.7 Å². The van der Waals surface area contributed by atoms with Crippen LogP contribution in [0.1, 0.15) is 24.2 Å². The Hall–Kier alpha value is -2.30. The number of nitrogens with zero attached hydrogens (tertiary/aromatic N) is 1. The summed E-state index contributed by atoms with van der Waals surface area (Å²) in [7, 11) is 0. The van der Waals surface area contributed by atoms with E-state index >= 15 is 0 Å². The lowest BCUT2D eigenvalue weighted by atomic mass is 9.96. The molecule has 1 aromatic heterocycles. The first-order valence-corrected chi connectivity index (χ1v) is 7.79. The number of ether oxygens (including phenoxy) is 1. The van der Waals surface area contributed by atoms with Crippen LogP contribution in [0.2, 0.25) is 0 Å². The van der Waals surface area contributed by atoms with Crippen molar-refractivity contribution < 1.29 is 9.53 Å². The summed E-state index contributed by atoms with van der Waals surface area (Å²) in [6.45, 7) is 1.28. The molecule has 0 spiro atoms. The Morgan fingerprint density at radius 1 is 1.41 bits per heavy atom. The second-order valence-electron chi connectivity index (χ2n) is 5.58. The number of fused-ring (bicyclic) bond motifs is 1. The average molecular weight is 299 g/mol. The first-order valence-electron chi connectivity index (χ1n) is 7.79. The van der Waals surface area contributed by atoms with Crippen molar-refractivity contribution in [3.8, 4) is 5.75 Å². The van der Waals surface area contributed by atoms with Gasteiger partial charge < -0.3 is 15.0 Å². The van der Waals surface area contributed by atoms with Gasteiger partial charge in [-0.05, 0) is 30.9 Å². The zero-order valence-electron chi connectivity index (χ0n) is 12.5. The maximum atomic E-state index is 12.3. The summed E-state index contributed by atoms with van der Waals surface area (Å²) < 4.78 is 5.71. The standard InChI is InChI=1S/C17H21N3O2/c21-17(20-8-3-6-16-18-9-10-19-16)14-7-11-22-15-5-2-1-4-13(15)12-14/h1-2,4-5,9-10,14H,3,6-8,11-12H2,(H,18,19)(H,20,21). The van der Waals surface area contributed by atoms with E-state index in [9.17, 15) is 4.79 Å². The predicted molar refractivity (Wildman–Crippen MR) is 83.7 cm³/mol. The number of aromatic nitrogens is 2. The van der Waals surface area contributed by atoms with Crippen molar-refractivity contribution in [1.82, 2.24) is 15.3 Å². The Morgan fingerprint density at radius 3 is 3.18 bits per heavy atom. The largest absolute Gasteiger partial charge is 0.493 e. The molecule has 0 bridgehead atoms. The molecular formula is C17H21N3O2. The summed E-state index contributed by atoms with van der Waals surface area (Å²) in [6.07, 6.45) is 6.82. The highest BCUT2D eigenvalue weighted by Crippen LogP contribution is 2.26. The molecule has 1 unspecified atom stereocenters. The van der Waals surface area contributed by atoms with Crippen LogP contribution in [0.15, 0.2) is 36.7 Å². The fraction of sp³-hybridized carbons (Fsp3) is 0.412. The molecule has 1 aliphatic heterocycles. The van der Waals surface area contributed by atoms with E-state index in [1.807, 2.05) is 30.5 Å². The third-order valence-corrected chi connectivity index (χ3v) is 3.98. The van der Waals surface area contributed by atoms with Gasteiger partial charge in [-0.15, -0.1) is 0 Å². The Bertz CT molecular complexity index is 610. The minimum Gasteiger partial charge on any atom is -0.493 e. The van der Waals surface area contributed by atoms with Crippen molar-refractivity contribution in [3.05, 3.63) is 48.0 Å². The summed E-state index contributed by atoms with van der Waals surface area (Å²) in [4.78, 5) is 19.6. The normalized spacial score (nSPS) is 17.2. The molecule has 1 atom stereocenters. The monoisotopic (exact) mass is 299 g/mol. The van der Waals surface area contributed by atoms with Crippen molar-refractivity contribution >= 4 is 5.91 Å². The number of amides is 1. The van der Waals surface area contributed by atoms with Crippen LogP contribution in [-0.4, -0.2) is 29.0 Å². The molecule has 1 amide bonds. The number of carbonyl (C=O) groups is 1. The van der Waals surface area contributed by atoms with Gasteiger partial charge in [0.2, 0.25) is 5.91 Å². The Labute approximate surface area is 130 Å². The van der Waals surface area contributed by atoms with Crippen molar-refractivity contribution in [2.75, 3.05) is 13.2 Å². The van der Waals surface area contributed by atoms with Crippen LogP contribution in [0.4, 0.5) is 0 Å². The molecule has 5 heteroatoms. The molecule has 3 rings (SSSR count). The zero-order chi connectivity index (χ0) is 15.2. The first-order chi connectivity index (χ1) is 10.8. The van der Waals surface area contributed by atoms with E-state index in [4.69, 9.17) is 4.74 Å². The van der Waals surface area contributed by atoms with Gasteiger partial charge in [0.1, 0.15) is 11.6 Å². The number of nitrogens with one attached hydrogen (secondary N) is 2. The highest BCUT2D eigenvalue weighted by Gasteiger charge is 2.23. The lowest BCUT2D eigenvalue weighted by Crippen LogP contribution is -2.33. The Morgan fingerprint density at radius 2 is 2.32 bits per heavy atom. The van der Waals surface area contributed by atoms with Crippen molar-refractivity contribution in [1.29, 1.82) is 0 Å². The summed E-state index contributed by atoms with van der Waals surface area (Å²) in [6, 6.07) is 7.97. The lowest BCUT2D eigenvalue weighted by Gasteiger charge is -2.13. The van der Waals surface area contributed by atoms with Gasteiger partial charge in [0.25, 0.3) is 0 Å². The maximum absolute atomic E-state index is 12.3. The van der Waals surface area contributed by atoms with E-state index in [0.717, 1.165) is 42.8 Å². The SMILES string of the molecule is O=C(NCCCc1ncc[nH]1)C1CCOc2ccccc2C1. The van der Waals surface area contributed by atoms with Crippen LogP contribution in [0, 0.1) is 5.92 Å². The minimum absolute atomic E-state index is 0.00716. The number of para-hydroxylation sites is 1. The zero-order valence-corrected chi connectivity index (χ0v) is 12.5. The molecule has 0 fully saturated rings. The average Bonchev–Trinajstić information content (AvgIpc) is 2.95. The number of aryl methyl sites for hydroxylation is 1. The number of imidazole rings is 1. The molecule has 0 saturated carbocycles. The quantitative estimate of drug-likeness (QED) is 0.831. The topological polar surface area (TPSA) is 67.0 Å². The number of benzene rings is 1. The Kier molecular flexibility index (Phi) is 4.73. The van der Waals surface area contributed by atoms with Gasteiger partial charge in [0.05, 0.1) is 6.61 Å². The minimum atomic E-state index is -0.00716. The van der Waals surface area contributed by atoms with E-state index in [-0.39, 0.29) is 11.8 Å². The third-order valence-electron chi connectivity index (χ3n) is 3.98. The molecule has 2 heterocycles. The molecule has 5 nitrogen and oxygen atoms in total. The van der Waals surface area contributed by atoms with Crippen molar-refractivity contribution in [2.24, 2.45) is 5.92 Å². The second kappa shape index (κ2) is 7.11. The fourth-order valence-corrected chi connectivity index (χ4v) is 2.76. The fourth-order valence-electron chi connectivity index (χ4n) is 2.76. The second-order valence-corrected chi connectivity index (χ2v) is 5.58. The van der Waals surface area contributed by atoms with E-state index in [2.05, 4.69) is 15.3 Å². The highest BCUT2D eigenvalue weighted by atomic mass is 16.5. The number of aromatic amines is 1. The molecule has 1 aromatic carbocycles. The molecule has 0 radical (unpaired) electrons. The third kappa shape index (κ3) is 3.67. The maximum Gasteiger partial charge on any atom is 0.223 e. The Balaban J connectivity index is 1.48. The van der Waals surface area contributed by atoms with Gasteiger partial charge in [-0.25, -0.2) is 4.98 Å². The predicted octanol–water partition coefficient (Wildman–Crippen LogP) is 2.10.